The van der Waals surface area contributed by atoms with Crippen molar-refractivity contribution < 1.29 is 14.8 Å². The van der Waals surface area contributed by atoms with Gasteiger partial charge in [0.1, 0.15) is 12.0 Å². The van der Waals surface area contributed by atoms with Gasteiger partial charge >= 0.3 is 0 Å². The van der Waals surface area contributed by atoms with E-state index < -0.39 is 4.92 Å². The molecule has 1 aliphatic rings. The van der Waals surface area contributed by atoms with Crippen LogP contribution in [0, 0.1) is 16.0 Å². The van der Waals surface area contributed by atoms with Crippen LogP contribution in [-0.2, 0) is 4.74 Å². The maximum atomic E-state index is 10.7. The van der Waals surface area contributed by atoms with Crippen molar-refractivity contribution in [1.29, 1.82) is 0 Å². The summed E-state index contributed by atoms with van der Waals surface area (Å²) in [6.07, 6.45) is 3.55. The van der Waals surface area contributed by atoms with Crippen LogP contribution in [0.1, 0.15) is 19.3 Å². The average Bonchev–Trinajstić information content (AvgIpc) is 2.49. The van der Waals surface area contributed by atoms with Gasteiger partial charge in [-0.25, -0.2) is 4.98 Å². The van der Waals surface area contributed by atoms with Crippen molar-refractivity contribution in [1.82, 2.24) is 4.98 Å². The van der Waals surface area contributed by atoms with E-state index in [0.29, 0.717) is 31.4 Å². The number of rotatable bonds is 6. The minimum Gasteiger partial charge on any atom is -0.396 e. The van der Waals surface area contributed by atoms with Crippen molar-refractivity contribution in [2.75, 3.05) is 25.1 Å². The van der Waals surface area contributed by atoms with Crippen molar-refractivity contribution in [3.63, 3.8) is 0 Å². The van der Waals surface area contributed by atoms with Crippen LogP contribution < -0.4 is 5.32 Å². The van der Waals surface area contributed by atoms with Crippen molar-refractivity contribution in [2.45, 2.75) is 25.3 Å². The number of hydrogen-bond acceptors (Lipinski definition) is 6. The third-order valence-corrected chi connectivity index (χ3v) is 3.92. The molecule has 0 amide bonds. The smallest absolute Gasteiger partial charge is 0.289 e. The highest BCUT2D eigenvalue weighted by atomic mass is 35.5. The molecule has 0 aliphatic carbocycles. The maximum absolute atomic E-state index is 10.7. The van der Waals surface area contributed by atoms with E-state index >= 15 is 0 Å². The van der Waals surface area contributed by atoms with E-state index in [4.69, 9.17) is 16.3 Å². The molecule has 0 aromatic carbocycles. The monoisotopic (exact) mass is 315 g/mol. The lowest BCUT2D eigenvalue weighted by Crippen LogP contribution is -2.34. The second kappa shape index (κ2) is 7.53. The summed E-state index contributed by atoms with van der Waals surface area (Å²) >= 11 is 6.04. The van der Waals surface area contributed by atoms with Crippen LogP contribution in [0.25, 0.3) is 0 Å². The number of halogens is 1. The molecule has 0 radical (unpaired) electrons. The van der Waals surface area contributed by atoms with Gasteiger partial charge in [-0.05, 0) is 25.2 Å². The van der Waals surface area contributed by atoms with Gasteiger partial charge in [0.2, 0.25) is 0 Å². The number of ether oxygens (including phenoxy) is 1. The van der Waals surface area contributed by atoms with Crippen molar-refractivity contribution >= 4 is 23.1 Å². The van der Waals surface area contributed by atoms with Crippen LogP contribution in [-0.4, -0.2) is 40.9 Å². The molecule has 0 saturated carbocycles. The summed E-state index contributed by atoms with van der Waals surface area (Å²) in [7, 11) is 0. The van der Waals surface area contributed by atoms with Gasteiger partial charge in [0.15, 0.2) is 0 Å². The normalized spacial score (nSPS) is 17.4. The quantitative estimate of drug-likeness (QED) is 0.617. The van der Waals surface area contributed by atoms with Gasteiger partial charge in [0.25, 0.3) is 5.69 Å². The molecule has 1 aromatic rings. The lowest BCUT2D eigenvalue weighted by Gasteiger charge is -2.31. The summed E-state index contributed by atoms with van der Waals surface area (Å²) in [6, 6.07) is 1.29. The van der Waals surface area contributed by atoms with Gasteiger partial charge < -0.3 is 15.2 Å². The summed E-state index contributed by atoms with van der Waals surface area (Å²) < 4.78 is 5.34. The number of hydrogen-bond donors (Lipinski definition) is 2. The van der Waals surface area contributed by atoms with E-state index in [0.717, 1.165) is 12.8 Å². The molecule has 2 heterocycles. The Bertz CT molecular complexity index is 494. The SMILES string of the molecule is O=[N+]([O-])c1cnc(NC(CCO)C2CCOCC2)c(Cl)c1. The molecule has 21 heavy (non-hydrogen) atoms. The number of nitro groups is 1. The maximum Gasteiger partial charge on any atom is 0.289 e. The lowest BCUT2D eigenvalue weighted by atomic mass is 9.90. The first-order chi connectivity index (χ1) is 10.1. The predicted octanol–water partition coefficient (Wildman–Crippen LogP) is 2.23. The fourth-order valence-corrected chi connectivity index (χ4v) is 2.71. The first-order valence-electron chi connectivity index (χ1n) is 6.87. The second-order valence-corrected chi connectivity index (χ2v) is 5.40. The predicted molar refractivity (Wildman–Crippen MR) is 78.6 cm³/mol. The summed E-state index contributed by atoms with van der Waals surface area (Å²) in [5, 5.41) is 23.3. The number of aromatic nitrogens is 1. The van der Waals surface area contributed by atoms with Gasteiger partial charge in [0.05, 0.1) is 9.95 Å². The highest BCUT2D eigenvalue weighted by molar-refractivity contribution is 6.33. The molecule has 2 N–H and O–H groups in total. The summed E-state index contributed by atoms with van der Waals surface area (Å²) in [5.41, 5.74) is -0.143. The van der Waals surface area contributed by atoms with E-state index in [-0.39, 0.29) is 23.4 Å². The third kappa shape index (κ3) is 4.26. The molecule has 1 atom stereocenters. The number of anilines is 1. The minimum atomic E-state index is -0.535. The largest absolute Gasteiger partial charge is 0.396 e. The average molecular weight is 316 g/mol. The molecule has 1 fully saturated rings. The lowest BCUT2D eigenvalue weighted by molar-refractivity contribution is -0.385. The standard InChI is InChI=1S/C13H18ClN3O4/c14-11-7-10(17(19)20)8-15-13(11)16-12(1-4-18)9-2-5-21-6-3-9/h7-9,12,18H,1-6H2,(H,15,16). The first-order valence-corrected chi connectivity index (χ1v) is 7.24. The summed E-state index contributed by atoms with van der Waals surface area (Å²) in [4.78, 5) is 14.2. The Labute approximate surface area is 127 Å². The highest BCUT2D eigenvalue weighted by Gasteiger charge is 2.25. The molecule has 1 aromatic heterocycles. The zero-order valence-corrected chi connectivity index (χ0v) is 12.3. The van der Waals surface area contributed by atoms with E-state index in [1.165, 1.54) is 12.3 Å². The fourth-order valence-electron chi connectivity index (χ4n) is 2.49. The molecule has 1 unspecified atom stereocenters. The van der Waals surface area contributed by atoms with E-state index in [2.05, 4.69) is 10.3 Å². The van der Waals surface area contributed by atoms with Gasteiger partial charge in [-0.15, -0.1) is 0 Å². The highest BCUT2D eigenvalue weighted by Crippen LogP contribution is 2.28. The molecule has 0 bridgehead atoms. The molecule has 7 nitrogen and oxygen atoms in total. The Morgan fingerprint density at radius 2 is 2.29 bits per heavy atom. The van der Waals surface area contributed by atoms with Gasteiger partial charge in [0, 0.05) is 31.9 Å². The molecule has 2 rings (SSSR count). The Morgan fingerprint density at radius 3 is 2.86 bits per heavy atom. The topological polar surface area (TPSA) is 97.5 Å². The Balaban J connectivity index is 2.10. The van der Waals surface area contributed by atoms with Crippen molar-refractivity contribution in [3.8, 4) is 0 Å². The van der Waals surface area contributed by atoms with E-state index in [1.807, 2.05) is 0 Å². The Kier molecular flexibility index (Phi) is 5.72. The number of aliphatic hydroxyl groups excluding tert-OH is 1. The Hall–Kier alpha value is -1.44. The number of aliphatic hydroxyl groups is 1. The zero-order chi connectivity index (χ0) is 15.2. The van der Waals surface area contributed by atoms with Crippen LogP contribution in [0.3, 0.4) is 0 Å². The molecule has 1 saturated heterocycles. The molecule has 116 valence electrons. The first kappa shape index (κ1) is 15.9. The molecule has 0 spiro atoms. The van der Waals surface area contributed by atoms with E-state index in [1.54, 1.807) is 0 Å². The Morgan fingerprint density at radius 1 is 1.57 bits per heavy atom. The van der Waals surface area contributed by atoms with Crippen molar-refractivity contribution in [2.24, 2.45) is 5.92 Å². The minimum absolute atomic E-state index is 0.0188. The number of pyridine rings is 1. The van der Waals surface area contributed by atoms with Gasteiger partial charge in [-0.3, -0.25) is 10.1 Å². The van der Waals surface area contributed by atoms with Crippen LogP contribution in [0.4, 0.5) is 11.5 Å². The molecular formula is C13H18ClN3O4. The molecular weight excluding hydrogens is 298 g/mol. The second-order valence-electron chi connectivity index (χ2n) is 4.99. The van der Waals surface area contributed by atoms with Crippen LogP contribution in [0.5, 0.6) is 0 Å². The summed E-state index contributed by atoms with van der Waals surface area (Å²) in [5.74, 6) is 0.770. The van der Waals surface area contributed by atoms with Crippen LogP contribution >= 0.6 is 11.6 Å². The summed E-state index contributed by atoms with van der Waals surface area (Å²) in [6.45, 7) is 1.46. The van der Waals surface area contributed by atoms with Gasteiger partial charge in [-0.1, -0.05) is 11.6 Å². The van der Waals surface area contributed by atoms with Gasteiger partial charge in [-0.2, -0.15) is 0 Å². The van der Waals surface area contributed by atoms with E-state index in [9.17, 15) is 15.2 Å². The zero-order valence-electron chi connectivity index (χ0n) is 11.5. The van der Waals surface area contributed by atoms with Crippen LogP contribution in [0.2, 0.25) is 5.02 Å². The third-order valence-electron chi connectivity index (χ3n) is 3.63. The van der Waals surface area contributed by atoms with Crippen LogP contribution in [0.15, 0.2) is 12.3 Å². The molecule has 8 heteroatoms. The molecule has 1 aliphatic heterocycles. The number of nitrogens with zero attached hydrogens (tertiary/aromatic N) is 2. The van der Waals surface area contributed by atoms with Crippen molar-refractivity contribution in [3.05, 3.63) is 27.4 Å². The fraction of sp³-hybridized carbons (Fsp3) is 0.615. The number of nitrogens with one attached hydrogen (secondary N) is 1.